The maximum absolute atomic E-state index is 13.7. The number of nitrogens with zero attached hydrogens (tertiary/aromatic N) is 2. The van der Waals surface area contributed by atoms with Crippen LogP contribution in [0, 0.1) is 5.92 Å². The average molecular weight is 561 g/mol. The number of carbonyl (C=O) groups is 2. The van der Waals surface area contributed by atoms with Gasteiger partial charge in [0.1, 0.15) is 17.4 Å². The molecule has 2 aromatic carbocycles. The van der Waals surface area contributed by atoms with Gasteiger partial charge in [0.2, 0.25) is 5.78 Å². The SMILES string of the molecule is CC1CCN(c2ccc(N3C(=O)C(O)=C(C(=O)c4cc5cc(Br)ccc5o4)C3c3ccco3)cc2)CC1. The fourth-order valence-corrected chi connectivity index (χ4v) is 5.55. The predicted octanol–water partition coefficient (Wildman–Crippen LogP) is 6.81. The number of fused-ring (bicyclic) bond motifs is 1. The van der Waals surface area contributed by atoms with Crippen LogP contribution in [0.1, 0.15) is 42.1 Å². The minimum atomic E-state index is -0.934. The first-order chi connectivity index (χ1) is 17.9. The molecule has 1 amide bonds. The Morgan fingerprint density at radius 1 is 1.03 bits per heavy atom. The molecule has 0 radical (unpaired) electrons. The predicted molar refractivity (Wildman–Crippen MR) is 144 cm³/mol. The third-order valence-electron chi connectivity index (χ3n) is 7.24. The van der Waals surface area contributed by atoms with E-state index in [0.29, 0.717) is 17.0 Å². The number of benzene rings is 2. The van der Waals surface area contributed by atoms with E-state index < -0.39 is 23.5 Å². The van der Waals surface area contributed by atoms with Gasteiger partial charge in [-0.1, -0.05) is 22.9 Å². The largest absolute Gasteiger partial charge is 0.503 e. The van der Waals surface area contributed by atoms with Crippen molar-refractivity contribution in [1.82, 2.24) is 0 Å². The monoisotopic (exact) mass is 560 g/mol. The second-order valence-corrected chi connectivity index (χ2v) is 10.6. The van der Waals surface area contributed by atoms with Crippen LogP contribution in [0.4, 0.5) is 11.4 Å². The van der Waals surface area contributed by atoms with Gasteiger partial charge in [-0.2, -0.15) is 0 Å². The Hall–Kier alpha value is -3.78. The van der Waals surface area contributed by atoms with Gasteiger partial charge >= 0.3 is 0 Å². The summed E-state index contributed by atoms with van der Waals surface area (Å²) in [5.74, 6) is -0.708. The Morgan fingerprint density at radius 3 is 2.46 bits per heavy atom. The van der Waals surface area contributed by atoms with Crippen molar-refractivity contribution < 1.29 is 23.5 Å². The highest BCUT2D eigenvalue weighted by atomic mass is 79.9. The van der Waals surface area contributed by atoms with Crippen molar-refractivity contribution >= 4 is 50.0 Å². The second kappa shape index (κ2) is 9.27. The molecule has 37 heavy (non-hydrogen) atoms. The van der Waals surface area contributed by atoms with Crippen LogP contribution in [0.25, 0.3) is 11.0 Å². The molecular weight excluding hydrogens is 536 g/mol. The highest BCUT2D eigenvalue weighted by Crippen LogP contribution is 2.43. The zero-order valence-electron chi connectivity index (χ0n) is 20.2. The summed E-state index contributed by atoms with van der Waals surface area (Å²) in [7, 11) is 0. The van der Waals surface area contributed by atoms with Crippen molar-refractivity contribution in [1.29, 1.82) is 0 Å². The van der Waals surface area contributed by atoms with Crippen LogP contribution < -0.4 is 9.80 Å². The number of amides is 1. The molecule has 4 aromatic rings. The molecule has 7 nitrogen and oxygen atoms in total. The molecule has 1 N–H and O–H groups in total. The van der Waals surface area contributed by atoms with Crippen LogP contribution in [0.2, 0.25) is 0 Å². The smallest absolute Gasteiger partial charge is 0.294 e. The first-order valence-electron chi connectivity index (χ1n) is 12.3. The van der Waals surface area contributed by atoms with E-state index in [1.54, 1.807) is 24.3 Å². The third-order valence-corrected chi connectivity index (χ3v) is 7.74. The van der Waals surface area contributed by atoms with Gasteiger partial charge in [0.05, 0.1) is 11.8 Å². The van der Waals surface area contributed by atoms with Gasteiger partial charge in [0.25, 0.3) is 5.91 Å². The number of aliphatic hydroxyl groups is 1. The van der Waals surface area contributed by atoms with Crippen LogP contribution in [-0.4, -0.2) is 29.9 Å². The molecular formula is C29H25BrN2O5. The first-order valence-corrected chi connectivity index (χ1v) is 13.1. The summed E-state index contributed by atoms with van der Waals surface area (Å²) in [6, 6.07) is 17.1. The summed E-state index contributed by atoms with van der Waals surface area (Å²) >= 11 is 3.42. The molecule has 8 heteroatoms. The summed E-state index contributed by atoms with van der Waals surface area (Å²) in [5.41, 5.74) is 2.10. The van der Waals surface area contributed by atoms with Crippen LogP contribution in [-0.2, 0) is 4.79 Å². The fraction of sp³-hybridized carbons (Fsp3) is 0.241. The normalized spacial score (nSPS) is 18.9. The van der Waals surface area contributed by atoms with E-state index in [0.717, 1.165) is 47.4 Å². The van der Waals surface area contributed by atoms with E-state index in [2.05, 4.69) is 27.8 Å². The van der Waals surface area contributed by atoms with Gasteiger partial charge in [-0.25, -0.2) is 0 Å². The molecule has 0 bridgehead atoms. The summed E-state index contributed by atoms with van der Waals surface area (Å²) in [4.78, 5) is 30.8. The average Bonchev–Trinajstić information content (AvgIpc) is 3.63. The number of Topliss-reactive ketones (excluding diaryl/α,β-unsaturated/α-hetero) is 1. The van der Waals surface area contributed by atoms with Crippen LogP contribution >= 0.6 is 15.9 Å². The Balaban J connectivity index is 1.36. The number of rotatable bonds is 5. The number of anilines is 2. The molecule has 6 rings (SSSR count). The molecule has 2 aliphatic rings. The zero-order valence-corrected chi connectivity index (χ0v) is 21.8. The standard InChI is InChI=1S/C29H25BrN2O5/c1-17-10-12-31(13-11-17)20-5-7-21(8-6-20)32-26(23-3-2-14-36-23)25(28(34)29(32)35)27(33)24-16-18-15-19(30)4-9-22(18)37-24/h2-9,14-17,26,34H,10-13H2,1H3. The lowest BCUT2D eigenvalue weighted by Gasteiger charge is -2.32. The molecule has 0 aliphatic carbocycles. The van der Waals surface area contributed by atoms with Crippen molar-refractivity contribution in [3.63, 3.8) is 0 Å². The number of piperidine rings is 1. The highest BCUT2D eigenvalue weighted by molar-refractivity contribution is 9.10. The number of ketones is 1. The molecule has 0 spiro atoms. The summed E-state index contributed by atoms with van der Waals surface area (Å²) in [5, 5.41) is 11.7. The van der Waals surface area contributed by atoms with Crippen molar-refractivity contribution in [2.75, 3.05) is 22.9 Å². The molecule has 188 valence electrons. The molecule has 1 fully saturated rings. The molecule has 1 unspecified atom stereocenters. The van der Waals surface area contributed by atoms with E-state index in [4.69, 9.17) is 8.83 Å². The molecule has 1 saturated heterocycles. The number of aliphatic hydroxyl groups excluding tert-OH is 1. The molecule has 2 aromatic heterocycles. The topological polar surface area (TPSA) is 87.1 Å². The molecule has 0 saturated carbocycles. The number of furan rings is 2. The van der Waals surface area contributed by atoms with E-state index in [-0.39, 0.29) is 11.3 Å². The van der Waals surface area contributed by atoms with Gasteiger partial charge in [0.15, 0.2) is 11.5 Å². The second-order valence-electron chi connectivity index (χ2n) is 9.66. The lowest BCUT2D eigenvalue weighted by Crippen LogP contribution is -2.33. The summed E-state index contributed by atoms with van der Waals surface area (Å²) in [6.45, 7) is 4.26. The number of hydrogen-bond acceptors (Lipinski definition) is 6. The quantitative estimate of drug-likeness (QED) is 0.270. The Kier molecular flexibility index (Phi) is 5.91. The van der Waals surface area contributed by atoms with Crippen molar-refractivity contribution in [2.24, 2.45) is 5.92 Å². The molecule has 4 heterocycles. The maximum Gasteiger partial charge on any atom is 0.294 e. The van der Waals surface area contributed by atoms with Crippen molar-refractivity contribution in [2.45, 2.75) is 25.8 Å². The van der Waals surface area contributed by atoms with Crippen LogP contribution in [0.5, 0.6) is 0 Å². The van der Waals surface area contributed by atoms with Gasteiger partial charge < -0.3 is 18.8 Å². The summed E-state index contributed by atoms with van der Waals surface area (Å²) in [6.07, 6.45) is 3.78. The lowest BCUT2D eigenvalue weighted by molar-refractivity contribution is -0.117. The van der Waals surface area contributed by atoms with Crippen LogP contribution in [0.15, 0.2) is 91.6 Å². The zero-order chi connectivity index (χ0) is 25.7. The summed E-state index contributed by atoms with van der Waals surface area (Å²) < 4.78 is 12.3. The van der Waals surface area contributed by atoms with Crippen molar-refractivity contribution in [3.05, 3.63) is 94.3 Å². The Labute approximate surface area is 222 Å². The van der Waals surface area contributed by atoms with Gasteiger partial charge in [-0.3, -0.25) is 14.5 Å². The van der Waals surface area contributed by atoms with E-state index in [1.165, 1.54) is 11.2 Å². The van der Waals surface area contributed by atoms with E-state index in [1.807, 2.05) is 36.4 Å². The van der Waals surface area contributed by atoms with Crippen molar-refractivity contribution in [3.8, 4) is 0 Å². The third kappa shape index (κ3) is 4.15. The van der Waals surface area contributed by atoms with E-state index >= 15 is 0 Å². The number of carbonyl (C=O) groups excluding carboxylic acids is 2. The Morgan fingerprint density at radius 2 is 1.76 bits per heavy atom. The molecule has 1 atom stereocenters. The van der Waals surface area contributed by atoms with E-state index in [9.17, 15) is 14.7 Å². The fourth-order valence-electron chi connectivity index (χ4n) is 5.17. The van der Waals surface area contributed by atoms with Gasteiger partial charge in [0, 0.05) is 34.3 Å². The minimum absolute atomic E-state index is 0.0375. The first kappa shape index (κ1) is 23.6. The van der Waals surface area contributed by atoms with Gasteiger partial charge in [-0.15, -0.1) is 0 Å². The number of hydrogen-bond donors (Lipinski definition) is 1. The highest BCUT2D eigenvalue weighted by Gasteiger charge is 2.46. The minimum Gasteiger partial charge on any atom is -0.503 e. The Bertz CT molecular complexity index is 1510. The molecule has 2 aliphatic heterocycles. The van der Waals surface area contributed by atoms with Gasteiger partial charge in [-0.05, 0) is 79.4 Å². The van der Waals surface area contributed by atoms with Crippen LogP contribution in [0.3, 0.4) is 0 Å². The lowest BCUT2D eigenvalue weighted by atomic mass is 9.98. The number of halogens is 1. The maximum atomic E-state index is 13.7.